The van der Waals surface area contributed by atoms with E-state index in [-0.39, 0.29) is 0 Å². The summed E-state index contributed by atoms with van der Waals surface area (Å²) in [6, 6.07) is 32.4. The van der Waals surface area contributed by atoms with Crippen LogP contribution in [0.2, 0.25) is 0 Å². The van der Waals surface area contributed by atoms with Crippen LogP contribution in [-0.2, 0) is 27.7 Å². The van der Waals surface area contributed by atoms with E-state index in [9.17, 15) is 0 Å². The molecule has 0 unspecified atom stereocenters. The quantitative estimate of drug-likeness (QED) is 0.0884. The third kappa shape index (κ3) is 12.6. The maximum absolute atomic E-state index is 6.19. The zero-order valence-corrected chi connectivity index (χ0v) is 44.8. The molecule has 0 radical (unpaired) electrons. The summed E-state index contributed by atoms with van der Waals surface area (Å²) >= 11 is -1.88. The van der Waals surface area contributed by atoms with Gasteiger partial charge in [0.05, 0.1) is 78.9 Å². The Hall–Kier alpha value is -2.52. The summed E-state index contributed by atoms with van der Waals surface area (Å²) in [5, 5.41) is 0. The molecule has 9 rings (SSSR count). The van der Waals surface area contributed by atoms with Crippen LogP contribution in [0.3, 0.4) is 0 Å². The van der Waals surface area contributed by atoms with Crippen LogP contribution in [0.1, 0.15) is 118 Å². The molecule has 5 aliphatic rings. The monoisotopic (exact) mass is 1040 g/mol. The normalized spacial score (nSPS) is 18.7. The van der Waals surface area contributed by atoms with E-state index in [1.807, 2.05) is 24.3 Å². The molecule has 360 valence electrons. The Kier molecular flexibility index (Phi) is 19.3. The Labute approximate surface area is 411 Å². The third-order valence-electron chi connectivity index (χ3n) is 13.0. The first-order valence-electron chi connectivity index (χ1n) is 24.2. The molecule has 66 heavy (non-hydrogen) atoms. The number of anilines is 2. The Bertz CT molecular complexity index is 2070. The van der Waals surface area contributed by atoms with Gasteiger partial charge >= 0.3 is 120 Å². The Balaban J connectivity index is 0.000000153. The second-order valence-corrected chi connectivity index (χ2v) is 27.1. The topological polar surface area (TPSA) is 43.9 Å². The Morgan fingerprint density at radius 2 is 0.833 bits per heavy atom. The molecule has 12 heteroatoms. The van der Waals surface area contributed by atoms with E-state index in [0.29, 0.717) is 23.7 Å². The molecule has 8 nitrogen and oxygen atoms in total. The molecule has 4 aromatic rings. The fraction of sp³-hybridized carbons (Fsp3) is 0.481. The van der Waals surface area contributed by atoms with Gasteiger partial charge in [-0.1, -0.05) is 91.8 Å². The van der Waals surface area contributed by atoms with E-state index in [2.05, 4.69) is 159 Å². The summed E-state index contributed by atoms with van der Waals surface area (Å²) in [5.74, 6) is 2.06. The number of nitrogens with zero attached hydrogens (tertiary/aromatic N) is 5. The van der Waals surface area contributed by atoms with E-state index in [4.69, 9.17) is 33.6 Å². The molecule has 0 amide bonds. The molecule has 0 N–H and O–H groups in total. The number of fused-ring (bicyclic) bond motifs is 1. The Morgan fingerprint density at radius 1 is 0.470 bits per heavy atom. The van der Waals surface area contributed by atoms with Crippen molar-refractivity contribution in [1.82, 2.24) is 14.0 Å². The van der Waals surface area contributed by atoms with Gasteiger partial charge in [-0.05, 0) is 45.9 Å². The van der Waals surface area contributed by atoms with Crippen LogP contribution in [0.15, 0.2) is 97.1 Å². The van der Waals surface area contributed by atoms with Gasteiger partial charge in [-0.15, -0.1) is 14.0 Å². The number of para-hydroxylation sites is 2. The standard InChI is InChI=1S/C27H39N2.C15H10.C12H24N3O3P.2ClH.Ru/c1-18(2)22-11-9-12-23(19(3)4)26(22)28-15-16-29(17-28)27-24(20(5)6)13-10-14-25(27)21(7)8;1-2-6-12(7-3-1)15-11-10-13-8-4-5-9-14(13)15;1-7-16-8-2-13(1)19(14-3-9-17-10-4-14)15-5-11-18-12-6-15;;;/h9-14,17-21H,15-16H2,1-8H3;1-9,11H;1-12H2;2*1H;/q-1;;;;;+2/p-1. The molecule has 4 aromatic carbocycles. The maximum atomic E-state index is 6.19. The predicted octanol–water partition coefficient (Wildman–Crippen LogP) is 12.1. The van der Waals surface area contributed by atoms with Crippen molar-refractivity contribution < 1.29 is 27.7 Å². The number of allylic oxidation sites excluding steroid dienone is 1. The van der Waals surface area contributed by atoms with Gasteiger partial charge in [0.25, 0.3) is 0 Å². The summed E-state index contributed by atoms with van der Waals surface area (Å²) < 4.78 is 25.6. The van der Waals surface area contributed by atoms with Crippen LogP contribution in [0.4, 0.5) is 11.4 Å². The molecular weight excluding hydrogens is 970 g/mol. The van der Waals surface area contributed by atoms with E-state index >= 15 is 0 Å². The number of hydrogen-bond acceptors (Lipinski definition) is 8. The SMILES string of the molecule is C1CN([PH+](N2CCOCC2)N2CCOCC2)CCO1.CC(C)c1cccc(C(C)C)c1N1[CH-]N(c2c(C(C)C)cccc2C(C)C)CC1.[Cl][Ru]([Cl])=[C]1C=C(c2ccccc2)c2ccccc21. The third-order valence-corrected chi connectivity index (χ3v) is 19.1. The molecule has 0 bridgehead atoms. The molecule has 4 aliphatic heterocycles. The van der Waals surface area contributed by atoms with Gasteiger partial charge in [0, 0.05) is 24.5 Å². The number of hydrogen-bond donors (Lipinski definition) is 0. The van der Waals surface area contributed by atoms with Crippen LogP contribution in [0, 0.1) is 6.67 Å². The van der Waals surface area contributed by atoms with Crippen LogP contribution in [0.5, 0.6) is 0 Å². The first-order chi connectivity index (χ1) is 31.9. The molecule has 4 heterocycles. The Morgan fingerprint density at radius 3 is 1.20 bits per heavy atom. The van der Waals surface area contributed by atoms with Crippen LogP contribution in [0.25, 0.3) is 5.57 Å². The van der Waals surface area contributed by atoms with E-state index < -0.39 is 21.9 Å². The van der Waals surface area contributed by atoms with Crippen LogP contribution in [-0.4, -0.2) is 110 Å². The number of benzene rings is 4. The zero-order chi connectivity index (χ0) is 46.7. The van der Waals surface area contributed by atoms with E-state index in [0.717, 1.165) is 96.1 Å². The van der Waals surface area contributed by atoms with E-state index in [1.54, 1.807) is 0 Å². The minimum absolute atomic E-state index is 0.514. The summed E-state index contributed by atoms with van der Waals surface area (Å²) in [5.41, 5.74) is 13.5. The van der Waals surface area contributed by atoms with Crippen molar-refractivity contribution in [2.45, 2.75) is 79.1 Å². The molecule has 0 saturated carbocycles. The van der Waals surface area contributed by atoms with Crippen molar-refractivity contribution in [2.24, 2.45) is 0 Å². The molecule has 0 spiro atoms. The van der Waals surface area contributed by atoms with E-state index in [1.165, 1.54) is 55.9 Å². The van der Waals surface area contributed by atoms with Crippen molar-refractivity contribution in [3.63, 3.8) is 0 Å². The summed E-state index contributed by atoms with van der Waals surface area (Å²) in [6.45, 7) is 34.6. The molecular formula is C54H74Cl2N5O3PRu. The van der Waals surface area contributed by atoms with Gasteiger partial charge < -0.3 is 24.0 Å². The molecule has 4 fully saturated rings. The first-order valence-corrected chi connectivity index (χ1v) is 30.9. The molecule has 0 aromatic heterocycles. The predicted molar refractivity (Wildman–Crippen MR) is 280 cm³/mol. The molecule has 4 saturated heterocycles. The second kappa shape index (κ2) is 24.9. The summed E-state index contributed by atoms with van der Waals surface area (Å²) in [4.78, 5) is 5.01. The van der Waals surface area contributed by atoms with Crippen molar-refractivity contribution in [3.8, 4) is 0 Å². The van der Waals surface area contributed by atoms with Gasteiger partial charge in [-0.3, -0.25) is 0 Å². The number of halogens is 2. The van der Waals surface area contributed by atoms with Gasteiger partial charge in [0.2, 0.25) is 8.37 Å². The number of morpholine rings is 3. The zero-order valence-electron chi connectivity index (χ0n) is 40.6. The number of rotatable bonds is 10. The number of ether oxygens (including phenoxy) is 3. The summed E-state index contributed by atoms with van der Waals surface area (Å²) in [6.07, 6.45) is 2.15. The van der Waals surface area contributed by atoms with Crippen molar-refractivity contribution in [1.29, 1.82) is 0 Å². The fourth-order valence-electron chi connectivity index (χ4n) is 9.58. The van der Waals surface area contributed by atoms with Crippen molar-refractivity contribution >= 4 is 48.8 Å². The van der Waals surface area contributed by atoms with Crippen LogP contribution < -0.4 is 9.80 Å². The van der Waals surface area contributed by atoms with Crippen molar-refractivity contribution in [3.05, 3.63) is 143 Å². The van der Waals surface area contributed by atoms with Gasteiger partial charge in [0.1, 0.15) is 0 Å². The molecule has 1 aliphatic carbocycles. The summed E-state index contributed by atoms with van der Waals surface area (Å²) in [7, 11) is 11.6. The average molecular weight is 1040 g/mol. The molecule has 0 atom stereocenters. The second-order valence-electron chi connectivity index (χ2n) is 18.8. The van der Waals surface area contributed by atoms with Crippen LogP contribution >= 0.6 is 27.8 Å². The van der Waals surface area contributed by atoms with Gasteiger partial charge in [-0.2, -0.15) is 6.67 Å². The van der Waals surface area contributed by atoms with Gasteiger partial charge in [0.15, 0.2) is 0 Å². The fourth-order valence-corrected chi connectivity index (χ4v) is 15.0. The van der Waals surface area contributed by atoms with Crippen molar-refractivity contribution in [2.75, 3.05) is 102 Å². The minimum atomic E-state index is -1.88. The first kappa shape index (κ1) is 51.3. The van der Waals surface area contributed by atoms with Gasteiger partial charge in [-0.25, -0.2) is 0 Å². The average Bonchev–Trinajstić information content (AvgIpc) is 3.99.